The third kappa shape index (κ3) is 4.55. The Hall–Kier alpha value is -3.75. The quantitative estimate of drug-likeness (QED) is 0.410. The Morgan fingerprint density at radius 2 is 1.74 bits per heavy atom. The van der Waals surface area contributed by atoms with Gasteiger partial charge in [0.2, 0.25) is 5.82 Å². The van der Waals surface area contributed by atoms with Crippen LogP contribution in [0, 0.1) is 0 Å². The molecule has 0 saturated carbocycles. The highest BCUT2D eigenvalue weighted by Crippen LogP contribution is 2.35. The average molecular weight is 419 g/mol. The summed E-state index contributed by atoms with van der Waals surface area (Å²) in [6.45, 7) is 5.78. The van der Waals surface area contributed by atoms with Crippen LogP contribution in [0.1, 0.15) is 32.3 Å². The molecule has 9 nitrogen and oxygen atoms in total. The van der Waals surface area contributed by atoms with E-state index in [1.54, 1.807) is 4.68 Å². The van der Waals surface area contributed by atoms with Crippen LogP contribution in [-0.4, -0.2) is 43.4 Å². The van der Waals surface area contributed by atoms with Gasteiger partial charge in [0.05, 0.1) is 25.3 Å². The van der Waals surface area contributed by atoms with Crippen molar-refractivity contribution in [2.75, 3.05) is 18.9 Å². The van der Waals surface area contributed by atoms with E-state index >= 15 is 0 Å². The van der Waals surface area contributed by atoms with Crippen molar-refractivity contribution in [3.63, 3.8) is 0 Å². The molecular formula is C22H25N7O2. The number of aromatic nitrogens is 6. The number of fused-ring (bicyclic) bond motifs is 1. The Labute approximate surface area is 180 Å². The number of hydrogen-bond acceptors (Lipinski definition) is 8. The lowest BCUT2D eigenvalue weighted by Gasteiger charge is -2.14. The number of tetrazole rings is 1. The predicted molar refractivity (Wildman–Crippen MR) is 118 cm³/mol. The number of benzene rings is 2. The topological polar surface area (TPSA) is 114 Å². The summed E-state index contributed by atoms with van der Waals surface area (Å²) in [5.41, 5.74) is 8.96. The Morgan fingerprint density at radius 1 is 0.968 bits per heavy atom. The Kier molecular flexibility index (Phi) is 6.21. The maximum absolute atomic E-state index is 5.95. The van der Waals surface area contributed by atoms with Gasteiger partial charge in [-0.3, -0.25) is 0 Å². The average Bonchev–Trinajstić information content (AvgIpc) is 3.23. The van der Waals surface area contributed by atoms with Crippen molar-refractivity contribution in [2.24, 2.45) is 0 Å². The molecule has 0 radical (unpaired) electrons. The normalized spacial score (nSPS) is 11.0. The van der Waals surface area contributed by atoms with Crippen molar-refractivity contribution in [3.8, 4) is 23.0 Å². The maximum Gasteiger partial charge on any atom is 0.201 e. The summed E-state index contributed by atoms with van der Waals surface area (Å²) < 4.78 is 13.5. The lowest BCUT2D eigenvalue weighted by atomic mass is 10.1. The highest BCUT2D eigenvalue weighted by molar-refractivity contribution is 5.92. The number of nitrogens with two attached hydrogens (primary N) is 1. The molecule has 0 amide bonds. The smallest absolute Gasteiger partial charge is 0.201 e. The highest BCUT2D eigenvalue weighted by Gasteiger charge is 2.18. The minimum Gasteiger partial charge on any atom is -0.490 e. The van der Waals surface area contributed by atoms with Crippen molar-refractivity contribution < 1.29 is 9.47 Å². The van der Waals surface area contributed by atoms with Crippen molar-refractivity contribution in [1.82, 2.24) is 30.2 Å². The van der Waals surface area contributed by atoms with Gasteiger partial charge in [0.25, 0.3) is 0 Å². The van der Waals surface area contributed by atoms with Crippen LogP contribution in [-0.2, 0) is 6.54 Å². The van der Waals surface area contributed by atoms with Gasteiger partial charge in [-0.2, -0.15) is 0 Å². The van der Waals surface area contributed by atoms with E-state index in [1.165, 1.54) is 6.33 Å². The molecule has 2 heterocycles. The molecule has 2 aromatic heterocycles. The van der Waals surface area contributed by atoms with E-state index in [0.717, 1.165) is 29.3 Å². The molecule has 0 aliphatic rings. The summed E-state index contributed by atoms with van der Waals surface area (Å²) in [5, 5.41) is 13.0. The van der Waals surface area contributed by atoms with Crippen LogP contribution < -0.4 is 15.2 Å². The van der Waals surface area contributed by atoms with Gasteiger partial charge in [-0.05, 0) is 47.0 Å². The summed E-state index contributed by atoms with van der Waals surface area (Å²) in [5.74, 6) is 1.87. The highest BCUT2D eigenvalue weighted by atomic mass is 16.5. The van der Waals surface area contributed by atoms with Crippen LogP contribution >= 0.6 is 0 Å². The van der Waals surface area contributed by atoms with E-state index in [9.17, 15) is 0 Å². The number of nitrogens with zero attached hydrogens (tertiary/aromatic N) is 6. The monoisotopic (exact) mass is 419 g/mol. The molecule has 2 N–H and O–H groups in total. The molecule has 4 rings (SSSR count). The Morgan fingerprint density at radius 3 is 2.48 bits per heavy atom. The van der Waals surface area contributed by atoms with E-state index in [2.05, 4.69) is 39.3 Å². The third-order valence-electron chi connectivity index (χ3n) is 4.65. The zero-order valence-corrected chi connectivity index (χ0v) is 17.7. The second-order valence-corrected chi connectivity index (χ2v) is 7.14. The molecule has 9 heteroatoms. The van der Waals surface area contributed by atoms with E-state index in [1.807, 2.05) is 36.4 Å². The molecule has 0 atom stereocenters. The molecule has 160 valence electrons. The molecule has 2 aromatic carbocycles. The largest absolute Gasteiger partial charge is 0.490 e. The van der Waals surface area contributed by atoms with Gasteiger partial charge in [-0.25, -0.2) is 14.6 Å². The number of nitrogen functional groups attached to an aromatic ring is 1. The van der Waals surface area contributed by atoms with Crippen LogP contribution in [0.4, 0.5) is 5.69 Å². The van der Waals surface area contributed by atoms with Gasteiger partial charge in [0.15, 0.2) is 11.5 Å². The molecule has 0 aliphatic heterocycles. The molecule has 4 aromatic rings. The zero-order valence-electron chi connectivity index (χ0n) is 17.7. The molecule has 0 spiro atoms. The lowest BCUT2D eigenvalue weighted by molar-refractivity contribution is 0.269. The van der Waals surface area contributed by atoms with E-state index in [-0.39, 0.29) is 0 Å². The SMILES string of the molecule is CCCOc1cc2ncnc(-c3nnnn3Cc3cccc(N)c3)c2cc1OCCC. The standard InChI is InChI=1S/C22H25N7O2/c1-3-8-30-19-11-17-18(12-20(19)31-9-4-2)24-14-25-21(17)22-26-27-28-29(22)13-15-6-5-7-16(23)10-15/h5-7,10-12,14H,3-4,8-9,13,23H2,1-2H3. The first kappa shape index (κ1) is 20.5. The second kappa shape index (κ2) is 9.38. The fraction of sp³-hybridized carbons (Fsp3) is 0.318. The number of rotatable bonds is 9. The summed E-state index contributed by atoms with van der Waals surface area (Å²) >= 11 is 0. The molecule has 0 aliphatic carbocycles. The summed E-state index contributed by atoms with van der Waals surface area (Å²) in [4.78, 5) is 8.91. The van der Waals surface area contributed by atoms with Crippen molar-refractivity contribution in [1.29, 1.82) is 0 Å². The maximum atomic E-state index is 5.95. The first-order valence-electron chi connectivity index (χ1n) is 10.3. The predicted octanol–water partition coefficient (Wildman–Crippen LogP) is 3.49. The fourth-order valence-corrected chi connectivity index (χ4v) is 3.24. The van der Waals surface area contributed by atoms with Crippen LogP contribution in [0.3, 0.4) is 0 Å². The number of hydrogen-bond donors (Lipinski definition) is 1. The number of ether oxygens (including phenoxy) is 2. The van der Waals surface area contributed by atoms with Gasteiger partial charge in [-0.15, -0.1) is 5.10 Å². The minimum atomic E-state index is 0.468. The summed E-state index contributed by atoms with van der Waals surface area (Å²) in [7, 11) is 0. The number of anilines is 1. The van der Waals surface area contributed by atoms with E-state index < -0.39 is 0 Å². The molecule has 0 fully saturated rings. The van der Waals surface area contributed by atoms with Crippen molar-refractivity contribution in [3.05, 3.63) is 48.3 Å². The molecule has 0 saturated heterocycles. The summed E-state index contributed by atoms with van der Waals surface area (Å²) in [6, 6.07) is 11.4. The molecule has 0 unspecified atom stereocenters. The van der Waals surface area contributed by atoms with E-state index in [4.69, 9.17) is 15.2 Å². The first-order valence-corrected chi connectivity index (χ1v) is 10.3. The third-order valence-corrected chi connectivity index (χ3v) is 4.65. The fourth-order valence-electron chi connectivity index (χ4n) is 3.24. The van der Waals surface area contributed by atoms with Crippen molar-refractivity contribution in [2.45, 2.75) is 33.2 Å². The van der Waals surface area contributed by atoms with Crippen LogP contribution in [0.5, 0.6) is 11.5 Å². The van der Waals surface area contributed by atoms with E-state index in [0.29, 0.717) is 48.5 Å². The van der Waals surface area contributed by atoms with Crippen LogP contribution in [0.25, 0.3) is 22.4 Å². The van der Waals surface area contributed by atoms with Gasteiger partial charge >= 0.3 is 0 Å². The van der Waals surface area contributed by atoms with Crippen LogP contribution in [0.15, 0.2) is 42.7 Å². The molecule has 0 bridgehead atoms. The van der Waals surface area contributed by atoms with Crippen LogP contribution in [0.2, 0.25) is 0 Å². The van der Waals surface area contributed by atoms with Gasteiger partial charge in [-0.1, -0.05) is 26.0 Å². The molecular weight excluding hydrogens is 394 g/mol. The summed E-state index contributed by atoms with van der Waals surface area (Å²) in [6.07, 6.45) is 3.30. The molecule has 31 heavy (non-hydrogen) atoms. The Bertz CT molecular complexity index is 1180. The first-order chi connectivity index (χ1) is 15.2. The lowest BCUT2D eigenvalue weighted by Crippen LogP contribution is -2.06. The van der Waals surface area contributed by atoms with Gasteiger partial charge in [0, 0.05) is 17.1 Å². The van der Waals surface area contributed by atoms with Gasteiger partial charge in [0.1, 0.15) is 12.0 Å². The van der Waals surface area contributed by atoms with Crippen molar-refractivity contribution >= 4 is 16.6 Å². The Balaban J connectivity index is 1.77. The zero-order chi connectivity index (χ0) is 21.6. The minimum absolute atomic E-state index is 0.468. The second-order valence-electron chi connectivity index (χ2n) is 7.14. The van der Waals surface area contributed by atoms with Gasteiger partial charge < -0.3 is 15.2 Å².